The Balaban J connectivity index is 1.44. The van der Waals surface area contributed by atoms with Crippen molar-refractivity contribution in [2.45, 2.75) is 52.2 Å². The third-order valence-corrected chi connectivity index (χ3v) is 7.92. The molecule has 0 amide bonds. The highest BCUT2D eigenvalue weighted by atomic mass is 35.5. The highest BCUT2D eigenvalue weighted by Crippen LogP contribution is 2.39. The molecule has 9 heteroatoms. The zero-order chi connectivity index (χ0) is 27.6. The molecule has 2 aliphatic rings. The quantitative estimate of drug-likeness (QED) is 0.213. The van der Waals surface area contributed by atoms with E-state index in [2.05, 4.69) is 10.3 Å². The summed E-state index contributed by atoms with van der Waals surface area (Å²) < 4.78 is 15.5. The smallest absolute Gasteiger partial charge is 0.262 e. The fourth-order valence-corrected chi connectivity index (χ4v) is 5.64. The van der Waals surface area contributed by atoms with E-state index in [4.69, 9.17) is 16.6 Å². The van der Waals surface area contributed by atoms with Crippen molar-refractivity contribution in [1.29, 1.82) is 0 Å². The fourth-order valence-electron chi connectivity index (χ4n) is 5.49. The highest BCUT2D eigenvalue weighted by molar-refractivity contribution is 6.29. The molecule has 1 saturated carbocycles. The van der Waals surface area contributed by atoms with Gasteiger partial charge in [-0.1, -0.05) is 23.7 Å². The predicted octanol–water partition coefficient (Wildman–Crippen LogP) is 6.75. The summed E-state index contributed by atoms with van der Waals surface area (Å²) in [5.41, 5.74) is 6.17. The number of pyridine rings is 1. The Morgan fingerprint density at radius 2 is 1.95 bits per heavy atom. The molecule has 1 fully saturated rings. The maximum atomic E-state index is 14.0. The highest BCUT2D eigenvalue weighted by Gasteiger charge is 2.31. The van der Waals surface area contributed by atoms with Crippen LogP contribution in [0.2, 0.25) is 5.15 Å². The number of aliphatic hydroxyl groups excluding tert-OH is 1. The minimum absolute atomic E-state index is 0.0678. The van der Waals surface area contributed by atoms with Crippen LogP contribution >= 0.6 is 11.6 Å². The molecule has 1 aliphatic carbocycles. The van der Waals surface area contributed by atoms with Gasteiger partial charge in [-0.15, -0.1) is 0 Å². The molecule has 2 atom stereocenters. The van der Waals surface area contributed by atoms with Gasteiger partial charge in [0.15, 0.2) is 0 Å². The summed E-state index contributed by atoms with van der Waals surface area (Å²) in [6, 6.07) is 11.9. The first kappa shape index (κ1) is 25.4. The van der Waals surface area contributed by atoms with Crippen molar-refractivity contribution >= 4 is 39.9 Å². The van der Waals surface area contributed by atoms with Crippen molar-refractivity contribution in [2.24, 2.45) is 7.05 Å². The van der Waals surface area contributed by atoms with E-state index in [0.717, 1.165) is 40.7 Å². The van der Waals surface area contributed by atoms with Crippen LogP contribution in [0.3, 0.4) is 0 Å². The molecule has 2 N–H and O–H groups in total. The molecule has 2 aromatic heterocycles. The first-order chi connectivity index (χ1) is 18.6. The summed E-state index contributed by atoms with van der Waals surface area (Å²) in [5.74, 6) is 0.411. The van der Waals surface area contributed by atoms with Gasteiger partial charge in [0.2, 0.25) is 5.95 Å². The molecular weight excluding hydrogens is 517 g/mol. The Bertz CT molecular complexity index is 1740. The van der Waals surface area contributed by atoms with Crippen LogP contribution in [0.25, 0.3) is 16.7 Å². The monoisotopic (exact) mass is 545 g/mol. The third kappa shape index (κ3) is 4.42. The largest absolute Gasteiger partial charge is 0.506 e. The van der Waals surface area contributed by atoms with Crippen molar-refractivity contribution in [3.05, 3.63) is 97.3 Å². The molecule has 0 spiro atoms. The number of aryl methyl sites for hydroxylation is 1. The summed E-state index contributed by atoms with van der Waals surface area (Å²) in [6.45, 7) is 6.44. The van der Waals surface area contributed by atoms with Crippen LogP contribution < -0.4 is 15.8 Å². The van der Waals surface area contributed by atoms with Gasteiger partial charge in [-0.05, 0) is 86.2 Å². The van der Waals surface area contributed by atoms with Gasteiger partial charge in [-0.2, -0.15) is 0 Å². The molecule has 200 valence electrons. The van der Waals surface area contributed by atoms with Crippen molar-refractivity contribution in [3.63, 3.8) is 0 Å². The van der Waals surface area contributed by atoms with Gasteiger partial charge in [0, 0.05) is 19.2 Å². The maximum absolute atomic E-state index is 14.0. The molecule has 3 heterocycles. The van der Waals surface area contributed by atoms with Gasteiger partial charge in [0.1, 0.15) is 22.4 Å². The maximum Gasteiger partial charge on any atom is 0.262 e. The lowest BCUT2D eigenvalue weighted by Crippen LogP contribution is -2.30. The number of nitrogens with zero attached hydrogens (tertiary/aromatic N) is 4. The predicted molar refractivity (Wildman–Crippen MR) is 153 cm³/mol. The van der Waals surface area contributed by atoms with Crippen LogP contribution in [-0.2, 0) is 13.6 Å². The van der Waals surface area contributed by atoms with Gasteiger partial charge in [-0.3, -0.25) is 9.36 Å². The number of aliphatic hydroxyl groups is 1. The van der Waals surface area contributed by atoms with E-state index in [9.17, 15) is 14.3 Å². The standard InChI is InChI=1S/C30H29ClFN5O2/c1-15-11-22(16(2)33-24-9-10-25(31)34-27(24)28(38)18-5-6-18)26-23(12-15)29(39)36(4)30(35-26)37-14-19-13-20(32)7-8-21(19)17(37)3/h7-13,16-17,33,38H,5-6,14H2,1-4H3/t16-,17-/m1/s1. The number of fused-ring (bicyclic) bond motifs is 2. The van der Waals surface area contributed by atoms with E-state index >= 15 is 0 Å². The molecule has 7 nitrogen and oxygen atoms in total. The van der Waals surface area contributed by atoms with Gasteiger partial charge in [0.05, 0.1) is 28.7 Å². The van der Waals surface area contributed by atoms with E-state index in [1.807, 2.05) is 37.8 Å². The number of anilines is 2. The topological polar surface area (TPSA) is 83.3 Å². The second-order valence-electron chi connectivity index (χ2n) is 10.5. The zero-order valence-corrected chi connectivity index (χ0v) is 23.0. The molecule has 2 aromatic carbocycles. The van der Waals surface area contributed by atoms with Gasteiger partial charge < -0.3 is 15.3 Å². The van der Waals surface area contributed by atoms with E-state index in [-0.39, 0.29) is 29.2 Å². The normalized spacial score (nSPS) is 16.9. The molecule has 4 aromatic rings. The lowest BCUT2D eigenvalue weighted by atomic mass is 10.0. The van der Waals surface area contributed by atoms with Crippen molar-refractivity contribution in [3.8, 4) is 0 Å². The number of hydrogen-bond acceptors (Lipinski definition) is 6. The first-order valence-corrected chi connectivity index (χ1v) is 13.4. The SMILES string of the molecule is Cc1cc([C@@H](C)Nc2ccc(Cl)nc2C(O)=C2CC2)c2nc(N3Cc4cc(F)ccc4[C@H]3C)n(C)c(=O)c2c1. The molecule has 0 saturated heterocycles. The van der Waals surface area contributed by atoms with Crippen LogP contribution in [0, 0.1) is 12.7 Å². The van der Waals surface area contributed by atoms with Crippen LogP contribution in [-0.4, -0.2) is 19.6 Å². The number of hydrogen-bond donors (Lipinski definition) is 2. The number of allylic oxidation sites excluding steroid dienone is 1. The summed E-state index contributed by atoms with van der Waals surface area (Å²) >= 11 is 6.16. The number of aromatic nitrogens is 3. The van der Waals surface area contributed by atoms with Gasteiger partial charge in [-0.25, -0.2) is 14.4 Å². The number of rotatable bonds is 5. The van der Waals surface area contributed by atoms with Crippen molar-refractivity contribution in [1.82, 2.24) is 14.5 Å². The lowest BCUT2D eigenvalue weighted by molar-refractivity contribution is 0.506. The van der Waals surface area contributed by atoms with E-state index in [1.54, 1.807) is 35.9 Å². The Morgan fingerprint density at radius 1 is 1.18 bits per heavy atom. The first-order valence-electron chi connectivity index (χ1n) is 13.0. The Hall–Kier alpha value is -3.91. The molecule has 39 heavy (non-hydrogen) atoms. The average Bonchev–Trinajstić information content (AvgIpc) is 3.70. The molecule has 0 unspecified atom stereocenters. The van der Waals surface area contributed by atoms with Crippen molar-refractivity contribution in [2.75, 3.05) is 10.2 Å². The zero-order valence-electron chi connectivity index (χ0n) is 22.2. The second-order valence-corrected chi connectivity index (χ2v) is 10.9. The summed E-state index contributed by atoms with van der Waals surface area (Å²) in [5, 5.41) is 15.0. The van der Waals surface area contributed by atoms with E-state index in [1.165, 1.54) is 6.07 Å². The van der Waals surface area contributed by atoms with Gasteiger partial charge >= 0.3 is 0 Å². The summed E-state index contributed by atoms with van der Waals surface area (Å²) in [4.78, 5) is 25.1. The Morgan fingerprint density at radius 3 is 2.69 bits per heavy atom. The fraction of sp³-hybridized carbons (Fsp3) is 0.300. The van der Waals surface area contributed by atoms with E-state index in [0.29, 0.717) is 39.9 Å². The van der Waals surface area contributed by atoms with Crippen LogP contribution in [0.5, 0.6) is 0 Å². The number of benzene rings is 2. The molecule has 1 aliphatic heterocycles. The lowest BCUT2D eigenvalue weighted by Gasteiger charge is -2.26. The average molecular weight is 546 g/mol. The summed E-state index contributed by atoms with van der Waals surface area (Å²) in [6.07, 6.45) is 1.69. The molecule has 0 bridgehead atoms. The molecule has 0 radical (unpaired) electrons. The minimum atomic E-state index is -0.278. The second kappa shape index (κ2) is 9.38. The molecular formula is C30H29ClFN5O2. The van der Waals surface area contributed by atoms with Crippen molar-refractivity contribution < 1.29 is 9.50 Å². The van der Waals surface area contributed by atoms with Gasteiger partial charge in [0.25, 0.3) is 5.56 Å². The van der Waals surface area contributed by atoms with Crippen LogP contribution in [0.1, 0.15) is 66.7 Å². The minimum Gasteiger partial charge on any atom is -0.506 e. The Labute approximate surface area is 230 Å². The van der Waals surface area contributed by atoms with Crippen LogP contribution in [0.4, 0.5) is 16.0 Å². The van der Waals surface area contributed by atoms with Crippen LogP contribution in [0.15, 0.2) is 52.8 Å². The summed E-state index contributed by atoms with van der Waals surface area (Å²) in [7, 11) is 1.73. The number of nitrogens with one attached hydrogen (secondary N) is 1. The Kier molecular flexibility index (Phi) is 6.10. The number of halogens is 2. The molecule has 6 rings (SSSR count). The third-order valence-electron chi connectivity index (χ3n) is 7.71. The van der Waals surface area contributed by atoms with E-state index < -0.39 is 0 Å².